The van der Waals surface area contributed by atoms with Gasteiger partial charge in [-0.25, -0.2) is 4.39 Å². The third-order valence-electron chi connectivity index (χ3n) is 4.44. The number of halogens is 1. The maximum absolute atomic E-state index is 13.0. The summed E-state index contributed by atoms with van der Waals surface area (Å²) in [4.78, 5) is 28.4. The lowest BCUT2D eigenvalue weighted by molar-refractivity contribution is -0.132. The molecule has 2 aromatic carbocycles. The summed E-state index contributed by atoms with van der Waals surface area (Å²) in [7, 11) is 1.71. The van der Waals surface area contributed by atoms with Gasteiger partial charge in [0, 0.05) is 19.3 Å². The lowest BCUT2D eigenvalue weighted by Crippen LogP contribution is -2.42. The Bertz CT molecular complexity index is 793. The molecule has 2 rings (SSSR count). The van der Waals surface area contributed by atoms with Crippen molar-refractivity contribution >= 4 is 17.5 Å². The molecule has 0 aliphatic heterocycles. The van der Waals surface area contributed by atoms with E-state index in [-0.39, 0.29) is 30.7 Å². The van der Waals surface area contributed by atoms with Crippen molar-refractivity contribution in [3.05, 3.63) is 65.5 Å². The van der Waals surface area contributed by atoms with Crippen LogP contribution in [0.25, 0.3) is 0 Å². The van der Waals surface area contributed by atoms with Crippen LogP contribution >= 0.6 is 0 Å². The van der Waals surface area contributed by atoms with Gasteiger partial charge in [0.1, 0.15) is 5.82 Å². The monoisotopic (exact) mass is 385 g/mol. The topological polar surface area (TPSA) is 52.7 Å². The predicted octanol–water partition coefficient (Wildman–Crippen LogP) is 3.44. The average Bonchev–Trinajstić information content (AvgIpc) is 2.65. The van der Waals surface area contributed by atoms with Crippen molar-refractivity contribution in [3.63, 3.8) is 0 Å². The van der Waals surface area contributed by atoms with Gasteiger partial charge in [-0.2, -0.15) is 0 Å². The van der Waals surface area contributed by atoms with Gasteiger partial charge in [0.15, 0.2) is 0 Å². The van der Waals surface area contributed by atoms with Gasteiger partial charge < -0.3 is 10.2 Å². The van der Waals surface area contributed by atoms with E-state index in [1.165, 1.54) is 12.1 Å². The molecule has 0 aliphatic rings. The van der Waals surface area contributed by atoms with Crippen molar-refractivity contribution in [2.45, 2.75) is 26.8 Å². The van der Waals surface area contributed by atoms with Crippen LogP contribution in [0.4, 0.5) is 10.1 Å². The van der Waals surface area contributed by atoms with Gasteiger partial charge in [-0.15, -0.1) is 0 Å². The first-order valence-corrected chi connectivity index (χ1v) is 9.45. The first-order valence-electron chi connectivity index (χ1n) is 9.45. The van der Waals surface area contributed by atoms with Crippen molar-refractivity contribution in [2.24, 2.45) is 0 Å². The molecule has 0 aromatic heterocycles. The second kappa shape index (κ2) is 10.6. The second-order valence-corrected chi connectivity index (χ2v) is 6.95. The summed E-state index contributed by atoms with van der Waals surface area (Å²) in [5, 5.41) is 2.91. The van der Waals surface area contributed by atoms with Crippen LogP contribution in [-0.2, 0) is 16.1 Å². The number of rotatable bonds is 9. The molecule has 5 nitrogen and oxygen atoms in total. The minimum atomic E-state index is -0.300. The van der Waals surface area contributed by atoms with Crippen LogP contribution in [0, 0.1) is 12.7 Å². The minimum Gasteiger partial charge on any atom is -0.340 e. The van der Waals surface area contributed by atoms with Gasteiger partial charge in [0.25, 0.3) is 0 Å². The summed E-state index contributed by atoms with van der Waals surface area (Å²) in [5.41, 5.74) is 2.63. The molecule has 28 heavy (non-hydrogen) atoms. The Kier molecular flexibility index (Phi) is 8.14. The number of nitrogens with zero attached hydrogens (tertiary/aromatic N) is 2. The lowest BCUT2D eigenvalue weighted by atomic mass is 10.2. The Morgan fingerprint density at radius 2 is 1.71 bits per heavy atom. The SMILES string of the molecule is CCCN(CC(=O)Nc1ccccc1C)CC(=O)N(C)Cc1ccc(F)cc1. The van der Waals surface area contributed by atoms with Gasteiger partial charge >= 0.3 is 0 Å². The van der Waals surface area contributed by atoms with Crippen molar-refractivity contribution in [3.8, 4) is 0 Å². The molecular weight excluding hydrogens is 357 g/mol. The van der Waals surface area contributed by atoms with Crippen LogP contribution in [0.5, 0.6) is 0 Å². The molecule has 0 fully saturated rings. The standard InChI is InChI=1S/C22H28FN3O2/c1-4-13-26(15-21(27)24-20-8-6-5-7-17(20)2)16-22(28)25(3)14-18-9-11-19(23)12-10-18/h5-12H,4,13-16H2,1-3H3,(H,24,27). The molecule has 0 heterocycles. The summed E-state index contributed by atoms with van der Waals surface area (Å²) in [6.07, 6.45) is 0.840. The van der Waals surface area contributed by atoms with E-state index in [4.69, 9.17) is 0 Å². The first kappa shape index (κ1) is 21.6. The molecule has 6 heteroatoms. The summed E-state index contributed by atoms with van der Waals surface area (Å²) in [6, 6.07) is 13.7. The zero-order valence-corrected chi connectivity index (χ0v) is 16.7. The molecule has 0 saturated carbocycles. The van der Waals surface area contributed by atoms with Crippen LogP contribution < -0.4 is 5.32 Å². The molecule has 0 saturated heterocycles. The third-order valence-corrected chi connectivity index (χ3v) is 4.44. The molecule has 150 valence electrons. The molecule has 1 N–H and O–H groups in total. The number of aryl methyl sites for hydroxylation is 1. The smallest absolute Gasteiger partial charge is 0.238 e. The number of benzene rings is 2. The molecule has 2 amide bonds. The molecule has 0 radical (unpaired) electrons. The third kappa shape index (κ3) is 6.78. The second-order valence-electron chi connectivity index (χ2n) is 6.95. The Morgan fingerprint density at radius 1 is 1.04 bits per heavy atom. The maximum atomic E-state index is 13.0. The van der Waals surface area contributed by atoms with Crippen LogP contribution in [0.2, 0.25) is 0 Å². The molecule has 0 atom stereocenters. The number of carbonyl (C=O) groups excluding carboxylic acids is 2. The van der Waals surface area contributed by atoms with Crippen LogP contribution in [0.15, 0.2) is 48.5 Å². The Hall–Kier alpha value is -2.73. The zero-order valence-electron chi connectivity index (χ0n) is 16.7. The van der Waals surface area contributed by atoms with E-state index in [1.54, 1.807) is 24.1 Å². The van der Waals surface area contributed by atoms with Crippen LogP contribution in [-0.4, -0.2) is 48.3 Å². The molecule has 0 unspecified atom stereocenters. The number of carbonyl (C=O) groups is 2. The number of para-hydroxylation sites is 1. The fourth-order valence-electron chi connectivity index (χ4n) is 2.90. The van der Waals surface area contributed by atoms with Gasteiger partial charge in [0.2, 0.25) is 11.8 Å². The number of hydrogen-bond acceptors (Lipinski definition) is 3. The highest BCUT2D eigenvalue weighted by Gasteiger charge is 2.17. The average molecular weight is 385 g/mol. The van der Waals surface area contributed by atoms with Crippen LogP contribution in [0.1, 0.15) is 24.5 Å². The Morgan fingerprint density at radius 3 is 2.36 bits per heavy atom. The normalized spacial score (nSPS) is 10.8. The first-order chi connectivity index (χ1) is 13.4. The molecular formula is C22H28FN3O2. The highest BCUT2D eigenvalue weighted by atomic mass is 19.1. The van der Waals surface area contributed by atoms with E-state index >= 15 is 0 Å². The summed E-state index contributed by atoms with van der Waals surface area (Å²) >= 11 is 0. The largest absolute Gasteiger partial charge is 0.340 e. The van der Waals surface area contributed by atoms with E-state index < -0.39 is 0 Å². The van der Waals surface area contributed by atoms with E-state index in [2.05, 4.69) is 5.32 Å². The predicted molar refractivity (Wildman–Crippen MR) is 109 cm³/mol. The molecule has 0 spiro atoms. The van der Waals surface area contributed by atoms with Crippen LogP contribution in [0.3, 0.4) is 0 Å². The van der Waals surface area contributed by atoms with Crippen molar-refractivity contribution in [1.82, 2.24) is 9.80 Å². The van der Waals surface area contributed by atoms with E-state index in [9.17, 15) is 14.0 Å². The maximum Gasteiger partial charge on any atom is 0.238 e. The number of nitrogens with one attached hydrogen (secondary N) is 1. The molecule has 0 aliphatic carbocycles. The van der Waals surface area contributed by atoms with E-state index in [0.717, 1.165) is 23.2 Å². The van der Waals surface area contributed by atoms with Gasteiger partial charge in [-0.05, 0) is 49.2 Å². The minimum absolute atomic E-state index is 0.0820. The van der Waals surface area contributed by atoms with Gasteiger partial charge in [-0.3, -0.25) is 14.5 Å². The quantitative estimate of drug-likeness (QED) is 0.719. The van der Waals surface area contributed by atoms with Crippen molar-refractivity contribution < 1.29 is 14.0 Å². The highest BCUT2D eigenvalue weighted by Crippen LogP contribution is 2.13. The molecule has 0 bridgehead atoms. The Labute approximate surface area is 166 Å². The number of likely N-dealkylation sites (N-methyl/N-ethyl adjacent to an activating group) is 1. The summed E-state index contributed by atoms with van der Waals surface area (Å²) in [5.74, 6) is -0.523. The summed E-state index contributed by atoms with van der Waals surface area (Å²) < 4.78 is 13.0. The highest BCUT2D eigenvalue weighted by molar-refractivity contribution is 5.93. The fourth-order valence-corrected chi connectivity index (χ4v) is 2.90. The van der Waals surface area contributed by atoms with Gasteiger partial charge in [-0.1, -0.05) is 37.3 Å². The van der Waals surface area contributed by atoms with Crippen molar-refractivity contribution in [1.29, 1.82) is 0 Å². The van der Waals surface area contributed by atoms with Gasteiger partial charge in [0.05, 0.1) is 13.1 Å². The number of hydrogen-bond donors (Lipinski definition) is 1. The summed E-state index contributed by atoms with van der Waals surface area (Å²) in [6.45, 7) is 5.31. The number of amides is 2. The zero-order chi connectivity index (χ0) is 20.5. The lowest BCUT2D eigenvalue weighted by Gasteiger charge is -2.24. The molecule has 2 aromatic rings. The fraction of sp³-hybridized carbons (Fsp3) is 0.364. The number of anilines is 1. The van der Waals surface area contributed by atoms with Crippen molar-refractivity contribution in [2.75, 3.05) is 32.0 Å². The Balaban J connectivity index is 1.91. The van der Waals surface area contributed by atoms with E-state index in [1.807, 2.05) is 43.0 Å². The van der Waals surface area contributed by atoms with E-state index in [0.29, 0.717) is 13.1 Å².